The minimum atomic E-state index is -0.130. The molecule has 1 atom stereocenters. The van der Waals surface area contributed by atoms with Gasteiger partial charge in [0.25, 0.3) is 5.91 Å². The fraction of sp³-hybridized carbons (Fsp3) is 0.571. The molecule has 238 valence electrons. The van der Waals surface area contributed by atoms with Crippen LogP contribution in [0.15, 0.2) is 30.3 Å². The summed E-state index contributed by atoms with van der Waals surface area (Å²) in [5.41, 5.74) is 5.29. The molecule has 0 aromatic heterocycles. The summed E-state index contributed by atoms with van der Waals surface area (Å²) in [5.74, 6) is 2.47. The minimum absolute atomic E-state index is 0.116. The molecular formula is C35H54N4O4. The van der Waals surface area contributed by atoms with Gasteiger partial charge in [0.1, 0.15) is 5.75 Å². The van der Waals surface area contributed by atoms with Crippen molar-refractivity contribution in [3.05, 3.63) is 52.6 Å². The molecule has 8 heteroatoms. The van der Waals surface area contributed by atoms with Crippen LogP contribution in [0, 0.1) is 31.6 Å². The van der Waals surface area contributed by atoms with Crippen LogP contribution >= 0.6 is 0 Å². The summed E-state index contributed by atoms with van der Waals surface area (Å²) in [6.07, 6.45) is 6.46. The molecule has 0 bridgehead atoms. The van der Waals surface area contributed by atoms with Crippen molar-refractivity contribution in [2.45, 2.75) is 80.1 Å². The van der Waals surface area contributed by atoms with E-state index in [-0.39, 0.29) is 23.6 Å². The van der Waals surface area contributed by atoms with Gasteiger partial charge in [-0.15, -0.1) is 0 Å². The molecule has 3 rings (SSSR count). The molecule has 2 aromatic carbocycles. The Hall–Kier alpha value is -3.39. The fourth-order valence-electron chi connectivity index (χ4n) is 5.64. The number of ether oxygens (including phenoxy) is 1. The molecule has 0 radical (unpaired) electrons. The van der Waals surface area contributed by atoms with Crippen LogP contribution in [0.5, 0.6) is 5.75 Å². The lowest BCUT2D eigenvalue weighted by atomic mass is 9.75. The van der Waals surface area contributed by atoms with Gasteiger partial charge in [-0.05, 0) is 107 Å². The predicted octanol–water partition coefficient (Wildman–Crippen LogP) is 6.60. The second-order valence-electron chi connectivity index (χ2n) is 12.1. The van der Waals surface area contributed by atoms with Gasteiger partial charge in [0, 0.05) is 48.9 Å². The van der Waals surface area contributed by atoms with E-state index >= 15 is 0 Å². The van der Waals surface area contributed by atoms with Gasteiger partial charge in [0.2, 0.25) is 11.8 Å². The monoisotopic (exact) mass is 594 g/mol. The van der Waals surface area contributed by atoms with Crippen LogP contribution in [0.25, 0.3) is 0 Å². The van der Waals surface area contributed by atoms with Crippen molar-refractivity contribution in [1.82, 2.24) is 10.2 Å². The maximum Gasteiger partial charge on any atom is 0.251 e. The number of hydrogen-bond donors (Lipinski definition) is 3. The second-order valence-corrected chi connectivity index (χ2v) is 12.1. The van der Waals surface area contributed by atoms with Gasteiger partial charge in [0.05, 0.1) is 7.11 Å². The first-order valence-corrected chi connectivity index (χ1v) is 15.7. The van der Waals surface area contributed by atoms with Gasteiger partial charge in [-0.1, -0.05) is 33.3 Å². The number of anilines is 2. The third-order valence-corrected chi connectivity index (χ3v) is 8.51. The van der Waals surface area contributed by atoms with E-state index in [0.717, 1.165) is 71.5 Å². The minimum Gasteiger partial charge on any atom is -0.496 e. The smallest absolute Gasteiger partial charge is 0.251 e. The third kappa shape index (κ3) is 11.3. The van der Waals surface area contributed by atoms with Gasteiger partial charge in [-0.25, -0.2) is 0 Å². The van der Waals surface area contributed by atoms with Crippen LogP contribution in [-0.2, 0) is 16.0 Å². The first-order chi connectivity index (χ1) is 20.4. The molecule has 1 saturated carbocycles. The van der Waals surface area contributed by atoms with Crippen molar-refractivity contribution >= 4 is 29.1 Å². The number of likely N-dealkylation sites (N-methyl/N-ethyl adjacent to an activating group) is 1. The Labute approximate surface area is 259 Å². The summed E-state index contributed by atoms with van der Waals surface area (Å²) in [4.78, 5) is 37.9. The zero-order valence-corrected chi connectivity index (χ0v) is 27.9. The molecule has 43 heavy (non-hydrogen) atoms. The lowest BCUT2D eigenvalue weighted by Crippen LogP contribution is -2.31. The Morgan fingerprint density at radius 3 is 2.21 bits per heavy atom. The van der Waals surface area contributed by atoms with Crippen molar-refractivity contribution in [1.29, 1.82) is 0 Å². The SMILES string of the molecule is CCC(C)C1CCC(C(=O)Nc2ccc(C)c(OC)c2)CC1.CCc1c(C)cc(C(=O)NCCN(C)C)cc1NC(C)=O. The molecule has 8 nitrogen and oxygen atoms in total. The van der Waals surface area contributed by atoms with Crippen molar-refractivity contribution < 1.29 is 19.1 Å². The third-order valence-electron chi connectivity index (χ3n) is 8.51. The standard InChI is InChI=1S/C19H29NO2.C16H25N3O2/c1-5-13(2)15-7-9-16(10-8-15)19(21)20-17-11-6-14(3)18(12-17)22-4;1-6-14-11(2)9-13(10-15(14)18-12(3)20)16(21)17-7-8-19(4)5/h6,11-13,15-16H,5,7-10H2,1-4H3,(H,20,21);9-10H,6-8H2,1-5H3,(H,17,21)(H,18,20). The second kappa shape index (κ2) is 17.7. The summed E-state index contributed by atoms with van der Waals surface area (Å²) < 4.78 is 5.31. The van der Waals surface area contributed by atoms with E-state index in [1.54, 1.807) is 13.2 Å². The van der Waals surface area contributed by atoms with Crippen LogP contribution in [0.3, 0.4) is 0 Å². The van der Waals surface area contributed by atoms with Gasteiger partial charge in [0.15, 0.2) is 0 Å². The summed E-state index contributed by atoms with van der Waals surface area (Å²) in [5, 5.41) is 8.74. The van der Waals surface area contributed by atoms with Crippen LogP contribution in [0.4, 0.5) is 11.4 Å². The predicted molar refractivity (Wildman–Crippen MR) is 177 cm³/mol. The summed E-state index contributed by atoms with van der Waals surface area (Å²) >= 11 is 0. The van der Waals surface area contributed by atoms with E-state index in [1.165, 1.54) is 26.2 Å². The molecule has 0 spiro atoms. The van der Waals surface area contributed by atoms with Gasteiger partial charge >= 0.3 is 0 Å². The Kier molecular flexibility index (Phi) is 14.7. The van der Waals surface area contributed by atoms with Crippen LogP contribution in [-0.4, -0.2) is 56.9 Å². The molecule has 3 N–H and O–H groups in total. The average Bonchev–Trinajstić information content (AvgIpc) is 2.97. The maximum atomic E-state index is 12.4. The molecule has 1 aliphatic carbocycles. The number of methoxy groups -OCH3 is 1. The molecule has 1 aliphatic rings. The van der Waals surface area contributed by atoms with Crippen LogP contribution in [0.1, 0.15) is 86.8 Å². The van der Waals surface area contributed by atoms with E-state index in [2.05, 4.69) is 29.8 Å². The Bertz CT molecular complexity index is 1220. The van der Waals surface area contributed by atoms with Crippen LogP contribution < -0.4 is 20.7 Å². The highest BCUT2D eigenvalue weighted by Gasteiger charge is 2.28. The van der Waals surface area contributed by atoms with Crippen molar-refractivity contribution in [2.75, 3.05) is 44.9 Å². The van der Waals surface area contributed by atoms with Gasteiger partial charge < -0.3 is 25.6 Å². The van der Waals surface area contributed by atoms with E-state index in [1.807, 2.05) is 64.0 Å². The largest absolute Gasteiger partial charge is 0.496 e. The van der Waals surface area contributed by atoms with E-state index < -0.39 is 0 Å². The molecule has 2 aromatic rings. The topological polar surface area (TPSA) is 99.8 Å². The van der Waals surface area contributed by atoms with Gasteiger partial charge in [-0.3, -0.25) is 14.4 Å². The first-order valence-electron chi connectivity index (χ1n) is 15.7. The average molecular weight is 595 g/mol. The fourth-order valence-corrected chi connectivity index (χ4v) is 5.64. The van der Waals surface area contributed by atoms with E-state index in [9.17, 15) is 14.4 Å². The Morgan fingerprint density at radius 1 is 0.977 bits per heavy atom. The summed E-state index contributed by atoms with van der Waals surface area (Å²) in [7, 11) is 5.58. The summed E-state index contributed by atoms with van der Waals surface area (Å²) in [6.45, 7) is 13.4. The van der Waals surface area contributed by atoms with Crippen molar-refractivity contribution in [3.63, 3.8) is 0 Å². The summed E-state index contributed by atoms with van der Waals surface area (Å²) in [6, 6.07) is 9.44. The number of nitrogens with zero attached hydrogens (tertiary/aromatic N) is 1. The maximum absolute atomic E-state index is 12.4. The molecule has 3 amide bonds. The number of benzene rings is 2. The molecule has 1 unspecified atom stereocenters. The Balaban J connectivity index is 0.000000301. The number of amides is 3. The van der Waals surface area contributed by atoms with E-state index in [0.29, 0.717) is 12.1 Å². The number of carbonyl (C=O) groups excluding carboxylic acids is 3. The highest BCUT2D eigenvalue weighted by atomic mass is 16.5. The zero-order chi connectivity index (χ0) is 32.1. The number of rotatable bonds is 11. The number of carbonyl (C=O) groups is 3. The number of nitrogens with one attached hydrogen (secondary N) is 3. The molecule has 0 aliphatic heterocycles. The van der Waals surface area contributed by atoms with E-state index in [4.69, 9.17) is 4.74 Å². The molecule has 0 saturated heterocycles. The van der Waals surface area contributed by atoms with Crippen LogP contribution in [0.2, 0.25) is 0 Å². The highest BCUT2D eigenvalue weighted by molar-refractivity contribution is 5.98. The van der Waals surface area contributed by atoms with Crippen molar-refractivity contribution in [2.24, 2.45) is 17.8 Å². The molecule has 1 fully saturated rings. The van der Waals surface area contributed by atoms with Gasteiger partial charge in [-0.2, -0.15) is 0 Å². The highest BCUT2D eigenvalue weighted by Crippen LogP contribution is 2.35. The lowest BCUT2D eigenvalue weighted by molar-refractivity contribution is -0.121. The van der Waals surface area contributed by atoms with Crippen molar-refractivity contribution in [3.8, 4) is 5.75 Å². The normalized spacial score (nSPS) is 16.9. The lowest BCUT2D eigenvalue weighted by Gasteiger charge is -2.31. The Morgan fingerprint density at radius 2 is 1.65 bits per heavy atom. The number of hydrogen-bond acceptors (Lipinski definition) is 5. The molecule has 0 heterocycles. The quantitative estimate of drug-likeness (QED) is 0.272. The zero-order valence-electron chi connectivity index (χ0n) is 27.9. The number of aryl methyl sites for hydroxylation is 2. The molecular weight excluding hydrogens is 540 g/mol. The first kappa shape index (κ1) is 35.8.